The molecule has 0 radical (unpaired) electrons. The molecule has 4 unspecified atom stereocenters. The summed E-state index contributed by atoms with van der Waals surface area (Å²) in [5.41, 5.74) is 0. The molecule has 0 saturated heterocycles. The zero-order valence-corrected chi connectivity index (χ0v) is 10.6. The molecule has 0 heteroatoms. The van der Waals surface area contributed by atoms with E-state index < -0.39 is 0 Å². The lowest BCUT2D eigenvalue weighted by molar-refractivity contribution is 0.357. The Morgan fingerprint density at radius 2 is 1.93 bits per heavy atom. The highest BCUT2D eigenvalue weighted by molar-refractivity contribution is 4.78. The van der Waals surface area contributed by atoms with Crippen LogP contribution < -0.4 is 0 Å². The maximum Gasteiger partial charge on any atom is -0.0386 e. The predicted molar refractivity (Wildman–Crippen MR) is 64.4 cm³/mol. The monoisotopic (exact) mass is 196 g/mol. The van der Waals surface area contributed by atoms with Gasteiger partial charge in [0.2, 0.25) is 0 Å². The second-order valence-corrected chi connectivity index (χ2v) is 5.76. The Morgan fingerprint density at radius 1 is 1.21 bits per heavy atom. The zero-order chi connectivity index (χ0) is 10.6. The summed E-state index contributed by atoms with van der Waals surface area (Å²) < 4.78 is 0. The Labute approximate surface area is 90.5 Å². The van der Waals surface area contributed by atoms with Crippen molar-refractivity contribution in [1.29, 1.82) is 0 Å². The summed E-state index contributed by atoms with van der Waals surface area (Å²) >= 11 is 0. The van der Waals surface area contributed by atoms with Crippen LogP contribution in [-0.4, -0.2) is 0 Å². The van der Waals surface area contributed by atoms with Gasteiger partial charge in [0.05, 0.1) is 0 Å². The molecule has 1 aliphatic carbocycles. The van der Waals surface area contributed by atoms with Crippen LogP contribution in [0.25, 0.3) is 0 Å². The van der Waals surface area contributed by atoms with Gasteiger partial charge in [-0.15, -0.1) is 0 Å². The number of hydrogen-bond acceptors (Lipinski definition) is 0. The van der Waals surface area contributed by atoms with Gasteiger partial charge in [0.15, 0.2) is 0 Å². The highest BCUT2D eigenvalue weighted by Crippen LogP contribution is 2.38. The second kappa shape index (κ2) is 5.78. The Bertz CT molecular complexity index is 150. The van der Waals surface area contributed by atoms with Crippen molar-refractivity contribution >= 4 is 0 Å². The van der Waals surface area contributed by atoms with Gasteiger partial charge in [0.1, 0.15) is 0 Å². The molecule has 0 N–H and O–H groups in total. The maximum absolute atomic E-state index is 2.46. The van der Waals surface area contributed by atoms with E-state index in [9.17, 15) is 0 Å². The van der Waals surface area contributed by atoms with Crippen LogP contribution in [-0.2, 0) is 0 Å². The van der Waals surface area contributed by atoms with Crippen molar-refractivity contribution in [2.75, 3.05) is 0 Å². The van der Waals surface area contributed by atoms with E-state index in [1.54, 1.807) is 0 Å². The molecule has 1 rings (SSSR count). The Balaban J connectivity index is 2.12. The normalized spacial score (nSPS) is 34.7. The van der Waals surface area contributed by atoms with E-state index in [0.717, 1.165) is 23.7 Å². The topological polar surface area (TPSA) is 0 Å². The van der Waals surface area contributed by atoms with E-state index in [4.69, 9.17) is 0 Å². The molecular weight excluding hydrogens is 168 g/mol. The van der Waals surface area contributed by atoms with E-state index in [0.29, 0.717) is 0 Å². The van der Waals surface area contributed by atoms with Crippen LogP contribution in [0.3, 0.4) is 0 Å². The highest BCUT2D eigenvalue weighted by Gasteiger charge is 2.27. The van der Waals surface area contributed by atoms with Crippen molar-refractivity contribution in [3.8, 4) is 0 Å². The summed E-state index contributed by atoms with van der Waals surface area (Å²) in [5.74, 6) is 4.00. The maximum atomic E-state index is 2.46. The van der Waals surface area contributed by atoms with E-state index in [-0.39, 0.29) is 0 Å². The van der Waals surface area contributed by atoms with Gasteiger partial charge in [-0.2, -0.15) is 0 Å². The lowest BCUT2D eigenvalue weighted by Gasteiger charge is -2.16. The molecule has 0 aromatic rings. The molecule has 0 amide bonds. The smallest absolute Gasteiger partial charge is 0.0386 e. The number of rotatable bonds is 5. The molecule has 1 aliphatic rings. The van der Waals surface area contributed by atoms with Crippen LogP contribution in [0, 0.1) is 23.7 Å². The lowest BCUT2D eigenvalue weighted by Crippen LogP contribution is -2.04. The molecule has 0 aromatic heterocycles. The fraction of sp³-hybridized carbons (Fsp3) is 1.00. The summed E-state index contributed by atoms with van der Waals surface area (Å²) in [7, 11) is 0. The van der Waals surface area contributed by atoms with Crippen molar-refractivity contribution in [3.63, 3.8) is 0 Å². The second-order valence-electron chi connectivity index (χ2n) is 5.76. The van der Waals surface area contributed by atoms with Crippen molar-refractivity contribution in [1.82, 2.24) is 0 Å². The molecule has 0 heterocycles. The van der Waals surface area contributed by atoms with E-state index in [1.165, 1.54) is 38.5 Å². The summed E-state index contributed by atoms with van der Waals surface area (Å²) in [4.78, 5) is 0. The first kappa shape index (κ1) is 12.1. The van der Waals surface area contributed by atoms with Gasteiger partial charge in [-0.3, -0.25) is 0 Å². The first-order chi connectivity index (χ1) is 6.63. The Morgan fingerprint density at radius 3 is 2.43 bits per heavy atom. The van der Waals surface area contributed by atoms with Crippen LogP contribution in [0.5, 0.6) is 0 Å². The van der Waals surface area contributed by atoms with Crippen molar-refractivity contribution < 1.29 is 0 Å². The minimum atomic E-state index is 0.948. The molecule has 14 heavy (non-hydrogen) atoms. The summed E-state index contributed by atoms with van der Waals surface area (Å²) in [6, 6.07) is 0. The standard InChI is InChI=1S/C14H28/c1-5-11(2)7-6-8-14-10-12(3)9-13(14)4/h11-14H,5-10H2,1-4H3. The molecule has 0 aliphatic heterocycles. The largest absolute Gasteiger partial charge is 0.0651 e. The third kappa shape index (κ3) is 3.63. The molecule has 0 bridgehead atoms. The average Bonchev–Trinajstić information content (AvgIpc) is 2.45. The summed E-state index contributed by atoms with van der Waals surface area (Å²) in [5, 5.41) is 0. The average molecular weight is 196 g/mol. The van der Waals surface area contributed by atoms with Crippen LogP contribution in [0.2, 0.25) is 0 Å². The summed E-state index contributed by atoms with van der Waals surface area (Å²) in [6.07, 6.45) is 8.76. The predicted octanol–water partition coefficient (Wildman–Crippen LogP) is 4.89. The van der Waals surface area contributed by atoms with Crippen molar-refractivity contribution in [2.45, 2.75) is 66.2 Å². The van der Waals surface area contributed by atoms with Gasteiger partial charge in [-0.05, 0) is 36.5 Å². The van der Waals surface area contributed by atoms with Crippen LogP contribution in [0.4, 0.5) is 0 Å². The zero-order valence-electron chi connectivity index (χ0n) is 10.6. The van der Waals surface area contributed by atoms with Crippen LogP contribution >= 0.6 is 0 Å². The van der Waals surface area contributed by atoms with Crippen LogP contribution in [0.15, 0.2) is 0 Å². The fourth-order valence-electron chi connectivity index (χ4n) is 3.01. The van der Waals surface area contributed by atoms with E-state index in [1.807, 2.05) is 0 Å². The first-order valence-electron chi connectivity index (χ1n) is 6.63. The SMILES string of the molecule is CCC(C)CCCC1CC(C)CC1C. The molecule has 84 valence electrons. The minimum absolute atomic E-state index is 0.948. The third-order valence-corrected chi connectivity index (χ3v) is 4.25. The van der Waals surface area contributed by atoms with Crippen LogP contribution in [0.1, 0.15) is 66.2 Å². The molecule has 1 fully saturated rings. The Hall–Kier alpha value is 0. The molecule has 0 aromatic carbocycles. The molecule has 1 saturated carbocycles. The van der Waals surface area contributed by atoms with Crippen molar-refractivity contribution in [2.24, 2.45) is 23.7 Å². The molecular formula is C14H28. The third-order valence-electron chi connectivity index (χ3n) is 4.25. The van der Waals surface area contributed by atoms with Gasteiger partial charge in [0, 0.05) is 0 Å². The van der Waals surface area contributed by atoms with E-state index >= 15 is 0 Å². The number of hydrogen-bond donors (Lipinski definition) is 0. The van der Waals surface area contributed by atoms with Crippen molar-refractivity contribution in [3.05, 3.63) is 0 Å². The first-order valence-corrected chi connectivity index (χ1v) is 6.63. The lowest BCUT2D eigenvalue weighted by atomic mass is 9.90. The van der Waals surface area contributed by atoms with Gasteiger partial charge in [0.25, 0.3) is 0 Å². The Kier molecular flexibility index (Phi) is 4.98. The minimum Gasteiger partial charge on any atom is -0.0651 e. The van der Waals surface area contributed by atoms with Gasteiger partial charge in [-0.1, -0.05) is 53.4 Å². The highest BCUT2D eigenvalue weighted by atomic mass is 14.3. The fourth-order valence-corrected chi connectivity index (χ4v) is 3.01. The quantitative estimate of drug-likeness (QED) is 0.587. The molecule has 0 nitrogen and oxygen atoms in total. The molecule has 0 spiro atoms. The summed E-state index contributed by atoms with van der Waals surface area (Å²) in [6.45, 7) is 9.58. The molecule has 4 atom stereocenters. The van der Waals surface area contributed by atoms with Gasteiger partial charge in [-0.25, -0.2) is 0 Å². The van der Waals surface area contributed by atoms with E-state index in [2.05, 4.69) is 27.7 Å². The van der Waals surface area contributed by atoms with Gasteiger partial charge < -0.3 is 0 Å². The van der Waals surface area contributed by atoms with Gasteiger partial charge >= 0.3 is 0 Å².